The number of aromatic amines is 1. The summed E-state index contributed by atoms with van der Waals surface area (Å²) in [6.07, 6.45) is 7.84. The largest absolute Gasteiger partial charge is 0.465 e. The topological polar surface area (TPSA) is 63.8 Å². The fraction of sp³-hybridized carbons (Fsp3) is 0.579. The van der Waals surface area contributed by atoms with Crippen molar-refractivity contribution in [1.29, 1.82) is 0 Å². The Bertz CT molecular complexity index is 879. The van der Waals surface area contributed by atoms with Crippen LogP contribution in [0.5, 0.6) is 0 Å². The first-order valence-electron chi connectivity index (χ1n) is 9.37. The molecule has 4 aliphatic rings. The van der Waals surface area contributed by atoms with Gasteiger partial charge in [-0.05, 0) is 97.9 Å². The maximum Gasteiger partial charge on any atom is 0.352 e. The lowest BCUT2D eigenvalue weighted by molar-refractivity contribution is -0.871. The minimum atomic E-state index is -0.339. The average Bonchev–Trinajstić information content (AvgIpc) is 3.03. The van der Waals surface area contributed by atoms with Gasteiger partial charge in [0.2, 0.25) is 0 Å². The molecule has 0 atom stereocenters. The molecule has 4 saturated carbocycles. The van der Waals surface area contributed by atoms with Crippen LogP contribution in [0.15, 0.2) is 24.3 Å². The number of H-pyrrole nitrogens is 1. The predicted octanol–water partition coefficient (Wildman–Crippen LogP) is 2.93. The van der Waals surface area contributed by atoms with Gasteiger partial charge in [0.1, 0.15) is 0 Å². The van der Waals surface area contributed by atoms with E-state index in [-0.39, 0.29) is 11.5 Å². The maximum atomic E-state index is 11.6. The number of esters is 1. The molecule has 7 heteroatoms. The first-order chi connectivity index (χ1) is 12.6. The fourth-order valence-corrected chi connectivity index (χ4v) is 6.09. The van der Waals surface area contributed by atoms with Gasteiger partial charge in [-0.2, -0.15) is 0 Å². The van der Waals surface area contributed by atoms with Gasteiger partial charge in [-0.1, -0.05) is 14.7 Å². The smallest absolute Gasteiger partial charge is 0.352 e. The van der Waals surface area contributed by atoms with Crippen LogP contribution in [0.2, 0.25) is 0 Å². The van der Waals surface area contributed by atoms with E-state index in [0.717, 1.165) is 23.4 Å². The molecule has 4 aliphatic carbocycles. The number of carbonyl (C=O) groups excluding carboxylic acids is 1. The molecule has 2 aromatic rings. The van der Waals surface area contributed by atoms with Crippen LogP contribution in [0.4, 0.5) is 0 Å². The van der Waals surface area contributed by atoms with Gasteiger partial charge in [-0.3, -0.25) is 0 Å². The number of carbonyl (C=O) groups is 1. The zero-order valence-electron chi connectivity index (χ0n) is 14.9. The molecule has 4 bridgehead atoms. The van der Waals surface area contributed by atoms with Crippen LogP contribution < -0.4 is 4.80 Å². The first kappa shape index (κ1) is 16.2. The van der Waals surface area contributed by atoms with Crippen LogP contribution in [0, 0.1) is 22.5 Å². The van der Waals surface area contributed by atoms with Crippen LogP contribution in [-0.4, -0.2) is 28.1 Å². The minimum Gasteiger partial charge on any atom is -0.465 e. The zero-order valence-corrected chi connectivity index (χ0v) is 15.7. The highest BCUT2D eigenvalue weighted by molar-refractivity contribution is 7.71. The van der Waals surface area contributed by atoms with Crippen LogP contribution in [0.25, 0.3) is 5.69 Å². The Balaban J connectivity index is 1.49. The van der Waals surface area contributed by atoms with Gasteiger partial charge in [-0.25, -0.2) is 4.79 Å². The summed E-state index contributed by atoms with van der Waals surface area (Å²) < 4.78 is 7.11. The SMILES string of the molecule is COC(=O)c1ccc(-n2[nH][n+](C34CC5CC(CC(C5)C3)C4)nc2=S)cc1. The highest BCUT2D eigenvalue weighted by Crippen LogP contribution is 2.56. The van der Waals surface area contributed by atoms with E-state index in [0.29, 0.717) is 10.3 Å². The van der Waals surface area contributed by atoms with Gasteiger partial charge in [0.05, 0.1) is 12.7 Å². The molecule has 4 fully saturated rings. The Kier molecular flexibility index (Phi) is 3.57. The lowest BCUT2D eigenvalue weighted by atomic mass is 9.53. The van der Waals surface area contributed by atoms with E-state index in [1.165, 1.54) is 45.6 Å². The van der Waals surface area contributed by atoms with Crippen molar-refractivity contribution in [1.82, 2.24) is 15.0 Å². The second kappa shape index (κ2) is 5.74. The predicted molar refractivity (Wildman–Crippen MR) is 96.4 cm³/mol. The van der Waals surface area contributed by atoms with Gasteiger partial charge in [-0.15, -0.1) is 0 Å². The Hall–Kier alpha value is -2.02. The number of hydrogen-bond donors (Lipinski definition) is 1. The van der Waals surface area contributed by atoms with Gasteiger partial charge < -0.3 is 4.74 Å². The number of methoxy groups -OCH3 is 1. The van der Waals surface area contributed by atoms with Crippen LogP contribution in [-0.2, 0) is 10.3 Å². The second-order valence-corrected chi connectivity index (χ2v) is 8.68. The molecule has 0 saturated heterocycles. The molecule has 1 N–H and O–H groups in total. The number of ether oxygens (including phenoxy) is 1. The van der Waals surface area contributed by atoms with Gasteiger partial charge in [0.25, 0.3) is 0 Å². The van der Waals surface area contributed by atoms with E-state index in [1.54, 1.807) is 12.1 Å². The van der Waals surface area contributed by atoms with Gasteiger partial charge >= 0.3 is 10.7 Å². The summed E-state index contributed by atoms with van der Waals surface area (Å²) in [5.41, 5.74) is 1.51. The Morgan fingerprint density at radius 2 is 1.77 bits per heavy atom. The van der Waals surface area contributed by atoms with E-state index >= 15 is 0 Å². The summed E-state index contributed by atoms with van der Waals surface area (Å²) >= 11 is 5.53. The summed E-state index contributed by atoms with van der Waals surface area (Å²) in [6.45, 7) is 0. The second-order valence-electron chi connectivity index (χ2n) is 8.31. The average molecular weight is 371 g/mol. The Morgan fingerprint density at radius 3 is 2.31 bits per heavy atom. The zero-order chi connectivity index (χ0) is 17.9. The molecule has 26 heavy (non-hydrogen) atoms. The van der Waals surface area contributed by atoms with Crippen molar-refractivity contribution in [3.8, 4) is 5.69 Å². The Morgan fingerprint density at radius 1 is 1.19 bits per heavy atom. The number of rotatable bonds is 3. The highest BCUT2D eigenvalue weighted by atomic mass is 32.1. The summed E-state index contributed by atoms with van der Waals surface area (Å²) in [5, 5.41) is 8.12. The molecule has 0 aliphatic heterocycles. The normalized spacial score (nSPS) is 32.0. The van der Waals surface area contributed by atoms with Crippen LogP contribution >= 0.6 is 12.2 Å². The van der Waals surface area contributed by atoms with E-state index in [9.17, 15) is 4.79 Å². The quantitative estimate of drug-likeness (QED) is 0.512. The van der Waals surface area contributed by atoms with E-state index < -0.39 is 0 Å². The lowest BCUT2D eigenvalue weighted by Crippen LogP contribution is -2.67. The van der Waals surface area contributed by atoms with Crippen LogP contribution in [0.3, 0.4) is 0 Å². The molecule has 1 heterocycles. The molecular weight excluding hydrogens is 348 g/mol. The third-order valence-corrected chi connectivity index (χ3v) is 6.84. The number of hydrogen-bond acceptors (Lipinski definition) is 4. The van der Waals surface area contributed by atoms with Crippen molar-refractivity contribution >= 4 is 18.2 Å². The summed E-state index contributed by atoms with van der Waals surface area (Å²) in [4.78, 5) is 13.7. The summed E-state index contributed by atoms with van der Waals surface area (Å²) in [5.74, 6) is 2.20. The van der Waals surface area contributed by atoms with E-state index in [4.69, 9.17) is 22.1 Å². The molecule has 6 nitrogen and oxygen atoms in total. The molecule has 1 aromatic heterocycles. The molecule has 0 radical (unpaired) electrons. The number of tetrazole rings is 1. The highest BCUT2D eigenvalue weighted by Gasteiger charge is 2.56. The maximum absolute atomic E-state index is 11.6. The monoisotopic (exact) mass is 371 g/mol. The molecule has 1 aromatic carbocycles. The summed E-state index contributed by atoms with van der Waals surface area (Å²) in [7, 11) is 1.38. The third kappa shape index (κ3) is 2.44. The minimum absolute atomic E-state index is 0.111. The molecule has 6 rings (SSSR count). The molecular formula is C19H23N4O2S+. The molecule has 136 valence electrons. The van der Waals surface area contributed by atoms with Gasteiger partial charge in [0, 0.05) is 0 Å². The Labute approximate surface area is 157 Å². The standard InChI is InChI=1S/C19H22N4O2S/c1-25-17(24)15-2-4-16(5-3-15)22-18(26)20-23(21-22)19-9-12-6-13(10-19)8-14(7-12)11-19/h2-5,12-14H,6-11H2,1H3/p+1. The van der Waals surface area contributed by atoms with Gasteiger partial charge in [0.15, 0.2) is 11.2 Å². The number of nitrogens with one attached hydrogen (secondary N) is 1. The van der Waals surface area contributed by atoms with Crippen molar-refractivity contribution in [3.05, 3.63) is 34.6 Å². The number of benzene rings is 1. The fourth-order valence-electron chi connectivity index (χ4n) is 5.86. The van der Waals surface area contributed by atoms with Crippen molar-refractivity contribution in [2.45, 2.75) is 44.1 Å². The molecule has 0 unspecified atom stereocenters. The summed E-state index contributed by atoms with van der Waals surface area (Å²) in [6, 6.07) is 7.23. The van der Waals surface area contributed by atoms with Crippen molar-refractivity contribution in [2.24, 2.45) is 17.8 Å². The number of nitrogens with zero attached hydrogens (tertiary/aromatic N) is 3. The van der Waals surface area contributed by atoms with Crippen LogP contribution in [0.1, 0.15) is 48.9 Å². The number of aromatic nitrogens is 4. The van der Waals surface area contributed by atoms with Crippen molar-refractivity contribution in [2.75, 3.05) is 7.11 Å². The lowest BCUT2D eigenvalue weighted by Gasteiger charge is -2.53. The molecule has 0 amide bonds. The molecule has 0 spiro atoms. The van der Waals surface area contributed by atoms with E-state index in [1.807, 2.05) is 21.6 Å². The van der Waals surface area contributed by atoms with Crippen molar-refractivity contribution in [3.63, 3.8) is 0 Å². The van der Waals surface area contributed by atoms with Crippen molar-refractivity contribution < 1.29 is 14.3 Å². The third-order valence-electron chi connectivity index (χ3n) is 6.57. The van der Waals surface area contributed by atoms with E-state index in [2.05, 4.69) is 5.21 Å². The first-order valence-corrected chi connectivity index (χ1v) is 9.78.